The maximum absolute atomic E-state index is 13.4. The highest BCUT2D eigenvalue weighted by Gasteiger charge is 2.01. The van der Waals surface area contributed by atoms with Crippen LogP contribution in [0.2, 0.25) is 0 Å². The number of rotatable bonds is 3. The van der Waals surface area contributed by atoms with Crippen LogP contribution in [0.25, 0.3) is 0 Å². The summed E-state index contributed by atoms with van der Waals surface area (Å²) in [5.41, 5.74) is 5.17. The van der Waals surface area contributed by atoms with Crippen molar-refractivity contribution in [2.75, 3.05) is 5.32 Å². The molecule has 0 aromatic heterocycles. The van der Waals surface area contributed by atoms with Crippen LogP contribution in [0.3, 0.4) is 0 Å². The first-order valence-corrected chi connectivity index (χ1v) is 6.12. The van der Waals surface area contributed by atoms with Gasteiger partial charge in [-0.15, -0.1) is 0 Å². The maximum Gasteiger partial charge on any atom is 0.126 e. The maximum atomic E-state index is 13.4. The molecule has 0 bridgehead atoms. The van der Waals surface area contributed by atoms with E-state index < -0.39 is 0 Å². The Morgan fingerprint density at radius 1 is 0.944 bits per heavy atom. The highest BCUT2D eigenvalue weighted by Crippen LogP contribution is 2.18. The summed E-state index contributed by atoms with van der Waals surface area (Å²) < 4.78 is 13.4. The molecule has 0 amide bonds. The quantitative estimate of drug-likeness (QED) is 0.844. The van der Waals surface area contributed by atoms with Gasteiger partial charge in [-0.25, -0.2) is 4.39 Å². The van der Waals surface area contributed by atoms with Crippen LogP contribution in [-0.4, -0.2) is 0 Å². The van der Waals surface area contributed by atoms with Gasteiger partial charge in [0.1, 0.15) is 5.82 Å². The third kappa shape index (κ3) is 2.89. The van der Waals surface area contributed by atoms with Gasteiger partial charge in [0.05, 0.1) is 0 Å². The number of hydrogen-bond acceptors (Lipinski definition) is 1. The Morgan fingerprint density at radius 2 is 1.67 bits per heavy atom. The summed E-state index contributed by atoms with van der Waals surface area (Å²) in [6, 6.07) is 11.7. The van der Waals surface area contributed by atoms with Gasteiger partial charge in [-0.3, -0.25) is 0 Å². The van der Waals surface area contributed by atoms with Gasteiger partial charge in [0.2, 0.25) is 0 Å². The fourth-order valence-corrected chi connectivity index (χ4v) is 1.87. The first kappa shape index (κ1) is 12.6. The van der Waals surface area contributed by atoms with Gasteiger partial charge in [0, 0.05) is 12.2 Å². The van der Waals surface area contributed by atoms with E-state index in [1.165, 1.54) is 11.1 Å². The third-order valence-corrected chi connectivity index (χ3v) is 3.11. The second-order valence-electron chi connectivity index (χ2n) is 4.76. The van der Waals surface area contributed by atoms with Crippen molar-refractivity contribution in [1.29, 1.82) is 0 Å². The predicted molar refractivity (Wildman–Crippen MR) is 74.4 cm³/mol. The van der Waals surface area contributed by atoms with E-state index in [0.717, 1.165) is 11.3 Å². The molecule has 0 spiro atoms. The van der Waals surface area contributed by atoms with Crippen LogP contribution in [0, 0.1) is 26.6 Å². The van der Waals surface area contributed by atoms with Crippen molar-refractivity contribution in [2.45, 2.75) is 27.3 Å². The Labute approximate surface area is 108 Å². The van der Waals surface area contributed by atoms with Crippen LogP contribution in [-0.2, 0) is 6.54 Å². The summed E-state index contributed by atoms with van der Waals surface area (Å²) >= 11 is 0. The SMILES string of the molecule is Cc1ccc(C)c(NCc2ccc(C)c(F)c2)c1. The lowest BCUT2D eigenvalue weighted by Crippen LogP contribution is -2.02. The molecule has 0 heterocycles. The summed E-state index contributed by atoms with van der Waals surface area (Å²) in [5, 5.41) is 3.35. The molecule has 2 aromatic carbocycles. The Bertz CT molecular complexity index is 561. The topological polar surface area (TPSA) is 12.0 Å². The number of nitrogens with one attached hydrogen (secondary N) is 1. The third-order valence-electron chi connectivity index (χ3n) is 3.11. The van der Waals surface area contributed by atoms with E-state index in [9.17, 15) is 4.39 Å². The van der Waals surface area contributed by atoms with Crippen molar-refractivity contribution >= 4 is 5.69 Å². The molecule has 0 aliphatic carbocycles. The summed E-state index contributed by atoms with van der Waals surface area (Å²) in [6.45, 7) is 6.55. The van der Waals surface area contributed by atoms with Gasteiger partial charge >= 0.3 is 0 Å². The monoisotopic (exact) mass is 243 g/mol. The number of hydrogen-bond donors (Lipinski definition) is 1. The fourth-order valence-electron chi connectivity index (χ4n) is 1.87. The van der Waals surface area contributed by atoms with Gasteiger partial charge in [-0.1, -0.05) is 24.3 Å². The second-order valence-corrected chi connectivity index (χ2v) is 4.76. The van der Waals surface area contributed by atoms with Crippen LogP contribution in [0.15, 0.2) is 36.4 Å². The summed E-state index contributed by atoms with van der Waals surface area (Å²) in [4.78, 5) is 0. The van der Waals surface area contributed by atoms with Crippen LogP contribution in [0.1, 0.15) is 22.3 Å². The normalized spacial score (nSPS) is 10.4. The molecular weight excluding hydrogens is 225 g/mol. The molecule has 0 aliphatic heterocycles. The Balaban J connectivity index is 2.11. The molecule has 0 saturated heterocycles. The van der Waals surface area contributed by atoms with Crippen LogP contribution >= 0.6 is 0 Å². The summed E-state index contributed by atoms with van der Waals surface area (Å²) in [7, 11) is 0. The van der Waals surface area contributed by atoms with Crippen molar-refractivity contribution in [1.82, 2.24) is 0 Å². The minimum Gasteiger partial charge on any atom is -0.381 e. The molecule has 0 aliphatic rings. The molecule has 0 fully saturated rings. The molecule has 0 radical (unpaired) electrons. The summed E-state index contributed by atoms with van der Waals surface area (Å²) in [6.07, 6.45) is 0. The van der Waals surface area contributed by atoms with E-state index in [1.54, 1.807) is 13.0 Å². The lowest BCUT2D eigenvalue weighted by atomic mass is 10.1. The minimum absolute atomic E-state index is 0.143. The zero-order valence-electron chi connectivity index (χ0n) is 11.0. The minimum atomic E-state index is -0.143. The van der Waals surface area contributed by atoms with E-state index in [2.05, 4.69) is 37.4 Å². The van der Waals surface area contributed by atoms with E-state index in [-0.39, 0.29) is 5.82 Å². The molecule has 0 saturated carbocycles. The van der Waals surface area contributed by atoms with Gasteiger partial charge in [0.25, 0.3) is 0 Å². The molecular formula is C16H18FN. The molecule has 0 unspecified atom stereocenters. The van der Waals surface area contributed by atoms with Crippen molar-refractivity contribution in [3.63, 3.8) is 0 Å². The van der Waals surface area contributed by atoms with E-state index in [1.807, 2.05) is 12.1 Å². The molecule has 94 valence electrons. The Morgan fingerprint density at radius 3 is 2.39 bits per heavy atom. The van der Waals surface area contributed by atoms with Crippen molar-refractivity contribution in [2.24, 2.45) is 0 Å². The molecule has 1 nitrogen and oxygen atoms in total. The van der Waals surface area contributed by atoms with Crippen molar-refractivity contribution in [3.8, 4) is 0 Å². The number of halogens is 1. The van der Waals surface area contributed by atoms with E-state index in [4.69, 9.17) is 0 Å². The average molecular weight is 243 g/mol. The van der Waals surface area contributed by atoms with Gasteiger partial charge < -0.3 is 5.32 Å². The van der Waals surface area contributed by atoms with Gasteiger partial charge in [-0.05, 0) is 55.2 Å². The summed E-state index contributed by atoms with van der Waals surface area (Å²) in [5.74, 6) is -0.143. The average Bonchev–Trinajstić information content (AvgIpc) is 2.34. The lowest BCUT2D eigenvalue weighted by molar-refractivity contribution is 0.616. The van der Waals surface area contributed by atoms with Crippen molar-refractivity contribution in [3.05, 3.63) is 64.5 Å². The highest BCUT2D eigenvalue weighted by molar-refractivity contribution is 5.52. The van der Waals surface area contributed by atoms with E-state index in [0.29, 0.717) is 12.1 Å². The zero-order chi connectivity index (χ0) is 13.1. The van der Waals surface area contributed by atoms with Gasteiger partial charge in [-0.2, -0.15) is 0 Å². The van der Waals surface area contributed by atoms with E-state index >= 15 is 0 Å². The zero-order valence-corrected chi connectivity index (χ0v) is 11.0. The lowest BCUT2D eigenvalue weighted by Gasteiger charge is -2.11. The largest absolute Gasteiger partial charge is 0.381 e. The molecule has 18 heavy (non-hydrogen) atoms. The fraction of sp³-hybridized carbons (Fsp3) is 0.250. The molecule has 0 atom stereocenters. The number of aryl methyl sites for hydroxylation is 3. The first-order valence-electron chi connectivity index (χ1n) is 6.12. The number of anilines is 1. The first-order chi connectivity index (χ1) is 8.56. The molecule has 2 aromatic rings. The van der Waals surface area contributed by atoms with Crippen LogP contribution in [0.5, 0.6) is 0 Å². The highest BCUT2D eigenvalue weighted by atomic mass is 19.1. The van der Waals surface area contributed by atoms with Crippen molar-refractivity contribution < 1.29 is 4.39 Å². The second kappa shape index (κ2) is 5.21. The van der Waals surface area contributed by atoms with Crippen LogP contribution in [0.4, 0.5) is 10.1 Å². The molecule has 2 rings (SSSR count). The number of benzene rings is 2. The van der Waals surface area contributed by atoms with Crippen LogP contribution < -0.4 is 5.32 Å². The standard InChI is InChI=1S/C16H18FN/c1-11-4-5-13(3)16(8-11)18-10-14-7-6-12(2)15(17)9-14/h4-9,18H,10H2,1-3H3. The Hall–Kier alpha value is -1.83. The smallest absolute Gasteiger partial charge is 0.126 e. The predicted octanol–water partition coefficient (Wildman–Crippen LogP) is 4.36. The molecule has 2 heteroatoms. The molecule has 1 N–H and O–H groups in total. The Kier molecular flexibility index (Phi) is 3.66. The van der Waals surface area contributed by atoms with Gasteiger partial charge in [0.15, 0.2) is 0 Å².